The average molecular weight is 310 g/mol. The van der Waals surface area contributed by atoms with Crippen molar-refractivity contribution in [3.63, 3.8) is 0 Å². The number of benzene rings is 1. The fraction of sp³-hybridized carbons (Fsp3) is 0.588. The molecular formula is C17H24ClNO2. The van der Waals surface area contributed by atoms with Gasteiger partial charge >= 0.3 is 5.97 Å². The van der Waals surface area contributed by atoms with Gasteiger partial charge in [-0.25, -0.2) is 0 Å². The van der Waals surface area contributed by atoms with Gasteiger partial charge < -0.3 is 5.11 Å². The van der Waals surface area contributed by atoms with E-state index in [0.29, 0.717) is 12.0 Å². The SMILES string of the molecule is CCC(c1ccccc1)N1C[C@@H]2CCC[C@@]2(C(=O)O)C1.Cl. The highest BCUT2D eigenvalue weighted by molar-refractivity contribution is 5.85. The molecule has 1 heterocycles. The van der Waals surface area contributed by atoms with Gasteiger partial charge in [0, 0.05) is 19.1 Å². The molecule has 1 unspecified atom stereocenters. The predicted octanol–water partition coefficient (Wildman–Crippen LogP) is 3.75. The Kier molecular flexibility index (Phi) is 4.95. The van der Waals surface area contributed by atoms with E-state index in [2.05, 4.69) is 36.1 Å². The molecule has 116 valence electrons. The number of likely N-dealkylation sites (tertiary alicyclic amines) is 1. The third-order valence-corrected chi connectivity index (χ3v) is 5.33. The van der Waals surface area contributed by atoms with E-state index in [9.17, 15) is 9.90 Å². The molecule has 2 fully saturated rings. The van der Waals surface area contributed by atoms with Gasteiger partial charge in [0.25, 0.3) is 0 Å². The number of halogens is 1. The molecule has 3 atom stereocenters. The van der Waals surface area contributed by atoms with E-state index in [0.717, 1.165) is 38.8 Å². The predicted molar refractivity (Wildman–Crippen MR) is 85.7 cm³/mol. The molecule has 1 saturated heterocycles. The van der Waals surface area contributed by atoms with Gasteiger partial charge in [-0.1, -0.05) is 43.7 Å². The summed E-state index contributed by atoms with van der Waals surface area (Å²) in [6, 6.07) is 10.9. The van der Waals surface area contributed by atoms with Crippen LogP contribution in [-0.2, 0) is 4.79 Å². The molecule has 21 heavy (non-hydrogen) atoms. The fourth-order valence-corrected chi connectivity index (χ4v) is 4.30. The largest absolute Gasteiger partial charge is 0.481 e. The maximum atomic E-state index is 11.8. The Hall–Kier alpha value is -1.06. The molecular weight excluding hydrogens is 286 g/mol. The Morgan fingerprint density at radius 1 is 1.43 bits per heavy atom. The number of carboxylic acids is 1. The lowest BCUT2D eigenvalue weighted by atomic mass is 9.81. The lowest BCUT2D eigenvalue weighted by Crippen LogP contribution is -2.36. The second-order valence-corrected chi connectivity index (χ2v) is 6.31. The number of hydrogen-bond donors (Lipinski definition) is 1. The number of rotatable bonds is 4. The molecule has 0 bridgehead atoms. The van der Waals surface area contributed by atoms with E-state index < -0.39 is 11.4 Å². The second-order valence-electron chi connectivity index (χ2n) is 6.31. The quantitative estimate of drug-likeness (QED) is 0.921. The van der Waals surface area contributed by atoms with Crippen LogP contribution in [0, 0.1) is 11.3 Å². The first-order valence-electron chi connectivity index (χ1n) is 7.70. The molecule has 2 aliphatic rings. The summed E-state index contributed by atoms with van der Waals surface area (Å²) in [6.07, 6.45) is 4.04. The van der Waals surface area contributed by atoms with Crippen molar-refractivity contribution in [2.24, 2.45) is 11.3 Å². The number of aliphatic carboxylic acids is 1. The maximum absolute atomic E-state index is 11.8. The summed E-state index contributed by atoms with van der Waals surface area (Å²) in [5.74, 6) is -0.233. The Bertz CT molecular complexity index is 493. The van der Waals surface area contributed by atoms with Crippen LogP contribution in [0.1, 0.15) is 44.2 Å². The fourth-order valence-electron chi connectivity index (χ4n) is 4.30. The van der Waals surface area contributed by atoms with Crippen molar-refractivity contribution >= 4 is 18.4 Å². The van der Waals surface area contributed by atoms with Crippen LogP contribution in [0.4, 0.5) is 0 Å². The summed E-state index contributed by atoms with van der Waals surface area (Å²) in [5.41, 5.74) is 0.845. The van der Waals surface area contributed by atoms with Crippen molar-refractivity contribution < 1.29 is 9.90 Å². The third kappa shape index (κ3) is 2.69. The summed E-state index contributed by atoms with van der Waals surface area (Å²) >= 11 is 0. The molecule has 3 rings (SSSR count). The minimum atomic E-state index is -0.578. The number of hydrogen-bond acceptors (Lipinski definition) is 2. The van der Waals surface area contributed by atoms with Crippen LogP contribution in [0.3, 0.4) is 0 Å². The van der Waals surface area contributed by atoms with Crippen LogP contribution in [0.2, 0.25) is 0 Å². The van der Waals surface area contributed by atoms with Gasteiger partial charge in [-0.2, -0.15) is 0 Å². The first-order chi connectivity index (χ1) is 9.67. The highest BCUT2D eigenvalue weighted by atomic mass is 35.5. The minimum absolute atomic E-state index is 0. The molecule has 1 aliphatic heterocycles. The van der Waals surface area contributed by atoms with Gasteiger partial charge in [0.1, 0.15) is 0 Å². The van der Waals surface area contributed by atoms with E-state index >= 15 is 0 Å². The maximum Gasteiger partial charge on any atom is 0.311 e. The van der Waals surface area contributed by atoms with Crippen molar-refractivity contribution in [2.75, 3.05) is 13.1 Å². The summed E-state index contributed by atoms with van der Waals surface area (Å²) in [4.78, 5) is 14.2. The molecule has 1 aromatic carbocycles. The lowest BCUT2D eigenvalue weighted by Gasteiger charge is -2.29. The number of carbonyl (C=O) groups is 1. The molecule has 1 N–H and O–H groups in total. The van der Waals surface area contributed by atoms with E-state index in [1.165, 1.54) is 5.56 Å². The smallest absolute Gasteiger partial charge is 0.311 e. The van der Waals surface area contributed by atoms with Crippen LogP contribution < -0.4 is 0 Å². The van der Waals surface area contributed by atoms with Gasteiger partial charge in [-0.3, -0.25) is 9.69 Å². The highest BCUT2D eigenvalue weighted by Crippen LogP contribution is 2.51. The van der Waals surface area contributed by atoms with E-state index in [-0.39, 0.29) is 12.4 Å². The van der Waals surface area contributed by atoms with Crippen molar-refractivity contribution in [1.82, 2.24) is 4.90 Å². The molecule has 0 amide bonds. The highest BCUT2D eigenvalue weighted by Gasteiger charge is 2.55. The van der Waals surface area contributed by atoms with Gasteiger partial charge in [0.15, 0.2) is 0 Å². The Morgan fingerprint density at radius 2 is 2.14 bits per heavy atom. The number of nitrogens with zero attached hydrogens (tertiary/aromatic N) is 1. The zero-order valence-electron chi connectivity index (χ0n) is 12.5. The molecule has 0 aromatic heterocycles. The summed E-state index contributed by atoms with van der Waals surface area (Å²) < 4.78 is 0. The zero-order valence-corrected chi connectivity index (χ0v) is 13.3. The lowest BCUT2D eigenvalue weighted by molar-refractivity contribution is -0.149. The molecule has 1 aliphatic carbocycles. The molecule has 0 radical (unpaired) electrons. The van der Waals surface area contributed by atoms with Crippen molar-refractivity contribution in [1.29, 1.82) is 0 Å². The first-order valence-corrected chi connectivity index (χ1v) is 7.70. The minimum Gasteiger partial charge on any atom is -0.481 e. The van der Waals surface area contributed by atoms with Gasteiger partial charge in [-0.15, -0.1) is 12.4 Å². The summed E-state index contributed by atoms with van der Waals surface area (Å²) in [5, 5.41) is 9.69. The normalized spacial score (nSPS) is 29.7. The second kappa shape index (κ2) is 6.37. The van der Waals surface area contributed by atoms with Crippen molar-refractivity contribution in [3.05, 3.63) is 35.9 Å². The van der Waals surface area contributed by atoms with Crippen LogP contribution in [0.25, 0.3) is 0 Å². The van der Waals surface area contributed by atoms with Gasteiger partial charge in [0.2, 0.25) is 0 Å². The standard InChI is InChI=1S/C17H23NO2.ClH/c1-2-15(13-7-4-3-5-8-13)18-11-14-9-6-10-17(14,12-18)16(19)20;/h3-5,7-8,14-15H,2,6,9-12H2,1H3,(H,19,20);1H/t14-,15?,17+;/m0./s1. The average Bonchev–Trinajstić information content (AvgIpc) is 2.99. The topological polar surface area (TPSA) is 40.5 Å². The summed E-state index contributed by atoms with van der Waals surface area (Å²) in [6.45, 7) is 3.86. The van der Waals surface area contributed by atoms with Crippen molar-refractivity contribution in [3.8, 4) is 0 Å². The monoisotopic (exact) mass is 309 g/mol. The van der Waals surface area contributed by atoms with E-state index in [4.69, 9.17) is 0 Å². The van der Waals surface area contributed by atoms with E-state index in [1.807, 2.05) is 6.07 Å². The van der Waals surface area contributed by atoms with Crippen LogP contribution in [-0.4, -0.2) is 29.1 Å². The summed E-state index contributed by atoms with van der Waals surface area (Å²) in [7, 11) is 0. The van der Waals surface area contributed by atoms with Gasteiger partial charge in [-0.05, 0) is 30.7 Å². The van der Waals surface area contributed by atoms with Crippen molar-refractivity contribution in [2.45, 2.75) is 38.6 Å². The van der Waals surface area contributed by atoms with Crippen LogP contribution >= 0.6 is 12.4 Å². The Labute approximate surface area is 132 Å². The molecule has 1 saturated carbocycles. The Morgan fingerprint density at radius 3 is 2.71 bits per heavy atom. The molecule has 1 aromatic rings. The first kappa shape index (κ1) is 16.3. The number of carboxylic acid groups (broad SMARTS) is 1. The molecule has 3 nitrogen and oxygen atoms in total. The Balaban J connectivity index is 0.00000161. The van der Waals surface area contributed by atoms with Gasteiger partial charge in [0.05, 0.1) is 5.41 Å². The molecule has 0 spiro atoms. The number of fused-ring (bicyclic) bond motifs is 1. The van der Waals surface area contributed by atoms with E-state index in [1.54, 1.807) is 0 Å². The molecule has 4 heteroatoms. The third-order valence-electron chi connectivity index (χ3n) is 5.33. The van der Waals surface area contributed by atoms with Crippen LogP contribution in [0.5, 0.6) is 0 Å². The van der Waals surface area contributed by atoms with Crippen LogP contribution in [0.15, 0.2) is 30.3 Å². The zero-order chi connectivity index (χ0) is 14.2.